The van der Waals surface area contributed by atoms with Gasteiger partial charge in [0.2, 0.25) is 11.8 Å². The first-order chi connectivity index (χ1) is 12.7. The predicted octanol–water partition coefficient (Wildman–Crippen LogP) is 2.72. The average Bonchev–Trinajstić information content (AvgIpc) is 3.31. The fourth-order valence-electron chi connectivity index (χ4n) is 3.10. The molecule has 1 unspecified atom stereocenters. The van der Waals surface area contributed by atoms with Gasteiger partial charge in [-0.1, -0.05) is 6.07 Å². The minimum absolute atomic E-state index is 0.0592. The van der Waals surface area contributed by atoms with E-state index in [0.717, 1.165) is 30.0 Å². The van der Waals surface area contributed by atoms with Gasteiger partial charge in [0, 0.05) is 10.6 Å². The number of thioether (sulfide) groups is 1. The second-order valence-electron chi connectivity index (χ2n) is 6.21. The smallest absolute Gasteiger partial charge is 0.238 e. The average molecular weight is 373 g/mol. The second kappa shape index (κ2) is 8.91. The number of amides is 2. The maximum absolute atomic E-state index is 12.4. The molecule has 138 valence electrons. The summed E-state index contributed by atoms with van der Waals surface area (Å²) >= 11 is 1.63. The summed E-state index contributed by atoms with van der Waals surface area (Å²) in [6.45, 7) is 1.32. The minimum atomic E-state index is -0.270. The summed E-state index contributed by atoms with van der Waals surface area (Å²) in [6, 6.07) is 11.1. The lowest BCUT2D eigenvalue weighted by Crippen LogP contribution is -2.45. The highest BCUT2D eigenvalue weighted by molar-refractivity contribution is 7.98. The molecule has 0 aliphatic carbocycles. The Bertz CT molecular complexity index is 748. The molecule has 1 aromatic carbocycles. The lowest BCUT2D eigenvalue weighted by Gasteiger charge is -2.23. The number of carbonyl (C=O) groups is 2. The van der Waals surface area contributed by atoms with E-state index < -0.39 is 0 Å². The van der Waals surface area contributed by atoms with E-state index in [1.165, 1.54) is 0 Å². The molecule has 1 aliphatic heterocycles. The van der Waals surface area contributed by atoms with Gasteiger partial charge in [-0.25, -0.2) is 0 Å². The maximum atomic E-state index is 12.4. The third-order valence-electron chi connectivity index (χ3n) is 4.38. The highest BCUT2D eigenvalue weighted by atomic mass is 32.2. The van der Waals surface area contributed by atoms with Crippen LogP contribution in [0.3, 0.4) is 0 Å². The molecule has 0 spiro atoms. The van der Waals surface area contributed by atoms with Gasteiger partial charge in [-0.3, -0.25) is 14.5 Å². The van der Waals surface area contributed by atoms with Gasteiger partial charge in [0.05, 0.1) is 25.4 Å². The molecule has 6 nitrogen and oxygen atoms in total. The van der Waals surface area contributed by atoms with Crippen molar-refractivity contribution >= 4 is 29.3 Å². The highest BCUT2D eigenvalue weighted by Crippen LogP contribution is 2.20. The largest absolute Gasteiger partial charge is 0.467 e. The summed E-state index contributed by atoms with van der Waals surface area (Å²) in [7, 11) is 0. The molecule has 1 aromatic heterocycles. The number of benzene rings is 1. The number of carbonyl (C=O) groups excluding carboxylic acids is 2. The molecule has 2 N–H and O–H groups in total. The normalized spacial score (nSPS) is 17.2. The first-order valence-corrected chi connectivity index (χ1v) is 9.86. The van der Waals surface area contributed by atoms with Crippen LogP contribution in [0.4, 0.5) is 5.69 Å². The first-order valence-electron chi connectivity index (χ1n) is 8.64. The molecule has 2 heterocycles. The standard InChI is InChI=1S/C19H23N3O3S/c1-26-16-7-2-5-14(11-16)21-18(23)13-22-9-3-8-17(22)19(24)20-12-15-6-4-10-25-15/h2,4-7,10-11,17H,3,8-9,12-13H2,1H3,(H,20,24)(H,21,23). The highest BCUT2D eigenvalue weighted by Gasteiger charge is 2.31. The number of nitrogens with one attached hydrogen (secondary N) is 2. The van der Waals surface area contributed by atoms with Gasteiger partial charge in [-0.05, 0) is 56.0 Å². The van der Waals surface area contributed by atoms with E-state index in [4.69, 9.17) is 4.42 Å². The molecular formula is C19H23N3O3S. The van der Waals surface area contributed by atoms with Crippen molar-refractivity contribution in [2.45, 2.75) is 30.3 Å². The molecule has 0 radical (unpaired) electrons. The molecule has 1 saturated heterocycles. The maximum Gasteiger partial charge on any atom is 0.238 e. The van der Waals surface area contributed by atoms with Crippen LogP contribution in [0, 0.1) is 0 Å². The molecule has 7 heteroatoms. The summed E-state index contributed by atoms with van der Waals surface area (Å²) < 4.78 is 5.23. The van der Waals surface area contributed by atoms with Gasteiger partial charge in [0.15, 0.2) is 0 Å². The van der Waals surface area contributed by atoms with Crippen molar-refractivity contribution in [2.75, 3.05) is 24.7 Å². The lowest BCUT2D eigenvalue weighted by molar-refractivity contribution is -0.126. The summed E-state index contributed by atoms with van der Waals surface area (Å²) in [6.07, 6.45) is 5.25. The molecule has 0 bridgehead atoms. The van der Waals surface area contributed by atoms with Crippen molar-refractivity contribution in [3.8, 4) is 0 Å². The van der Waals surface area contributed by atoms with Gasteiger partial charge < -0.3 is 15.1 Å². The van der Waals surface area contributed by atoms with Gasteiger partial charge in [0.1, 0.15) is 5.76 Å². The van der Waals surface area contributed by atoms with E-state index in [-0.39, 0.29) is 24.4 Å². The number of hydrogen-bond donors (Lipinski definition) is 2. The molecule has 3 rings (SSSR count). The van der Waals surface area contributed by atoms with E-state index in [2.05, 4.69) is 10.6 Å². The van der Waals surface area contributed by atoms with Crippen LogP contribution in [0.5, 0.6) is 0 Å². The van der Waals surface area contributed by atoms with Gasteiger partial charge in [0.25, 0.3) is 0 Å². The third-order valence-corrected chi connectivity index (χ3v) is 5.11. The topological polar surface area (TPSA) is 74.6 Å². The van der Waals surface area contributed by atoms with Crippen LogP contribution in [0.2, 0.25) is 0 Å². The molecule has 1 aliphatic rings. The van der Waals surface area contributed by atoms with E-state index in [0.29, 0.717) is 12.3 Å². The van der Waals surface area contributed by atoms with Crippen LogP contribution in [-0.4, -0.2) is 42.1 Å². The number of likely N-dealkylation sites (tertiary alicyclic amines) is 1. The Hall–Kier alpha value is -2.25. The number of anilines is 1. The predicted molar refractivity (Wildman–Crippen MR) is 102 cm³/mol. The molecule has 2 amide bonds. The Balaban J connectivity index is 1.52. The van der Waals surface area contributed by atoms with Gasteiger partial charge >= 0.3 is 0 Å². The van der Waals surface area contributed by atoms with Crippen molar-refractivity contribution in [2.24, 2.45) is 0 Å². The Morgan fingerprint density at radius 3 is 2.96 bits per heavy atom. The Labute approximate surface area is 157 Å². The van der Waals surface area contributed by atoms with Crippen LogP contribution in [0.1, 0.15) is 18.6 Å². The van der Waals surface area contributed by atoms with Crippen LogP contribution in [0.25, 0.3) is 0 Å². The second-order valence-corrected chi connectivity index (χ2v) is 7.09. The number of furan rings is 1. The lowest BCUT2D eigenvalue weighted by atomic mass is 10.2. The van der Waals surface area contributed by atoms with Crippen molar-refractivity contribution < 1.29 is 14.0 Å². The Morgan fingerprint density at radius 1 is 1.31 bits per heavy atom. The fourth-order valence-corrected chi connectivity index (χ4v) is 3.56. The van der Waals surface area contributed by atoms with Crippen LogP contribution >= 0.6 is 11.8 Å². The van der Waals surface area contributed by atoms with E-state index in [1.54, 1.807) is 24.1 Å². The number of rotatable bonds is 7. The zero-order valence-corrected chi connectivity index (χ0v) is 15.6. The van der Waals surface area contributed by atoms with Crippen molar-refractivity contribution in [3.63, 3.8) is 0 Å². The molecule has 0 saturated carbocycles. The number of nitrogens with zero attached hydrogens (tertiary/aromatic N) is 1. The summed E-state index contributed by atoms with van der Waals surface area (Å²) in [4.78, 5) is 27.9. The van der Waals surface area contributed by atoms with E-state index in [1.807, 2.05) is 41.5 Å². The van der Waals surface area contributed by atoms with Gasteiger partial charge in [-0.15, -0.1) is 11.8 Å². The minimum Gasteiger partial charge on any atom is -0.467 e. The fraction of sp³-hybridized carbons (Fsp3) is 0.368. The van der Waals surface area contributed by atoms with Crippen molar-refractivity contribution in [3.05, 3.63) is 48.4 Å². The molecule has 2 aromatic rings. The number of hydrogen-bond acceptors (Lipinski definition) is 5. The van der Waals surface area contributed by atoms with Crippen LogP contribution < -0.4 is 10.6 Å². The van der Waals surface area contributed by atoms with E-state index in [9.17, 15) is 9.59 Å². The first kappa shape index (κ1) is 18.5. The van der Waals surface area contributed by atoms with Crippen molar-refractivity contribution in [1.82, 2.24) is 10.2 Å². The molecule has 26 heavy (non-hydrogen) atoms. The summed E-state index contributed by atoms with van der Waals surface area (Å²) in [5.74, 6) is 0.555. The monoisotopic (exact) mass is 373 g/mol. The van der Waals surface area contributed by atoms with E-state index >= 15 is 0 Å². The zero-order chi connectivity index (χ0) is 18.4. The molecule has 1 atom stereocenters. The quantitative estimate of drug-likeness (QED) is 0.730. The SMILES string of the molecule is CSc1cccc(NC(=O)CN2CCCC2C(=O)NCc2ccco2)c1. The summed E-state index contributed by atoms with van der Waals surface area (Å²) in [5, 5.41) is 5.80. The third kappa shape index (κ3) is 4.89. The Kier molecular flexibility index (Phi) is 6.35. The molecular weight excluding hydrogens is 350 g/mol. The molecule has 1 fully saturated rings. The zero-order valence-electron chi connectivity index (χ0n) is 14.7. The van der Waals surface area contributed by atoms with Gasteiger partial charge in [-0.2, -0.15) is 0 Å². The van der Waals surface area contributed by atoms with Crippen molar-refractivity contribution in [1.29, 1.82) is 0 Å². The Morgan fingerprint density at radius 2 is 2.19 bits per heavy atom. The van der Waals surface area contributed by atoms with Crippen LogP contribution in [-0.2, 0) is 16.1 Å². The van der Waals surface area contributed by atoms with Crippen LogP contribution in [0.15, 0.2) is 52.0 Å². The summed E-state index contributed by atoms with van der Waals surface area (Å²) in [5.41, 5.74) is 0.778.